The second-order valence-corrected chi connectivity index (χ2v) is 8.62. The predicted molar refractivity (Wildman–Crippen MR) is 103 cm³/mol. The van der Waals surface area contributed by atoms with Crippen molar-refractivity contribution in [2.75, 3.05) is 39.5 Å². The summed E-state index contributed by atoms with van der Waals surface area (Å²) < 4.78 is 37.2. The van der Waals surface area contributed by atoms with Crippen molar-refractivity contribution in [3.63, 3.8) is 0 Å². The molecule has 1 saturated heterocycles. The van der Waals surface area contributed by atoms with Crippen molar-refractivity contribution in [3.8, 4) is 5.75 Å². The lowest BCUT2D eigenvalue weighted by Crippen LogP contribution is -2.40. The van der Waals surface area contributed by atoms with Crippen molar-refractivity contribution >= 4 is 15.9 Å². The minimum Gasteiger partial charge on any atom is -0.490 e. The molecule has 0 bridgehead atoms. The van der Waals surface area contributed by atoms with Gasteiger partial charge < -0.3 is 20.0 Å². The van der Waals surface area contributed by atoms with Gasteiger partial charge in [0.2, 0.25) is 10.0 Å². The topological polar surface area (TPSA) is 103 Å². The van der Waals surface area contributed by atoms with Crippen LogP contribution < -0.4 is 10.5 Å². The van der Waals surface area contributed by atoms with Crippen LogP contribution in [0, 0.1) is 5.92 Å². The van der Waals surface area contributed by atoms with Crippen LogP contribution in [0.1, 0.15) is 26.7 Å². The number of nitrogens with zero attached hydrogens (tertiary/aromatic N) is 2. The Morgan fingerprint density at radius 2 is 1.89 bits per heavy atom. The fourth-order valence-electron chi connectivity index (χ4n) is 2.45. The Hall–Kier alpha value is -1.84. The van der Waals surface area contributed by atoms with Crippen molar-refractivity contribution in [1.29, 1.82) is 0 Å². The highest BCUT2D eigenvalue weighted by molar-refractivity contribution is 7.89. The molecule has 0 spiro atoms. The fourth-order valence-corrected chi connectivity index (χ4v) is 3.86. The second-order valence-electron chi connectivity index (χ2n) is 6.68. The average Bonchev–Trinajstić information content (AvgIpc) is 2.67. The quantitative estimate of drug-likeness (QED) is 0.279. The highest BCUT2D eigenvalue weighted by Crippen LogP contribution is 2.20. The van der Waals surface area contributed by atoms with Crippen LogP contribution in [0.25, 0.3) is 0 Å². The first kappa shape index (κ1) is 21.5. The maximum absolute atomic E-state index is 12.5. The van der Waals surface area contributed by atoms with E-state index < -0.39 is 10.0 Å². The van der Waals surface area contributed by atoms with Crippen LogP contribution in [-0.2, 0) is 19.6 Å². The first-order chi connectivity index (χ1) is 12.9. The van der Waals surface area contributed by atoms with E-state index in [-0.39, 0.29) is 18.1 Å². The number of benzene rings is 1. The Bertz CT molecular complexity index is 698. The summed E-state index contributed by atoms with van der Waals surface area (Å²) >= 11 is 0. The minimum absolute atomic E-state index is 0.246. The normalized spacial score (nSPS) is 16.5. The molecule has 1 aromatic rings. The monoisotopic (exact) mass is 399 g/mol. The molecule has 1 aliphatic heterocycles. The third-order valence-electron chi connectivity index (χ3n) is 4.03. The van der Waals surface area contributed by atoms with Crippen molar-refractivity contribution in [2.45, 2.75) is 31.6 Å². The molecule has 152 valence electrons. The van der Waals surface area contributed by atoms with Gasteiger partial charge in [-0.1, -0.05) is 19.0 Å². The molecule has 1 aliphatic rings. The standard InChI is InChI=1S/C18H29N3O5S/c1-15(2)3-8-18(19)20-26-14-13-25-16-4-6-17(7-5-16)27(22,23)21-9-11-24-12-10-21/h4-7,15H,3,8-14H2,1-2H3,(H2,19,20). The van der Waals surface area contributed by atoms with Gasteiger partial charge in [0, 0.05) is 19.5 Å². The van der Waals surface area contributed by atoms with Gasteiger partial charge in [-0.3, -0.25) is 0 Å². The van der Waals surface area contributed by atoms with E-state index in [1.165, 1.54) is 4.31 Å². The van der Waals surface area contributed by atoms with Crippen LogP contribution in [0.15, 0.2) is 34.3 Å². The first-order valence-corrected chi connectivity index (χ1v) is 10.6. The number of nitrogens with two attached hydrogens (primary N) is 1. The van der Waals surface area contributed by atoms with Gasteiger partial charge in [0.1, 0.15) is 18.2 Å². The smallest absolute Gasteiger partial charge is 0.243 e. The summed E-state index contributed by atoms with van der Waals surface area (Å²) in [7, 11) is -3.49. The van der Waals surface area contributed by atoms with E-state index in [2.05, 4.69) is 19.0 Å². The number of rotatable bonds is 10. The van der Waals surface area contributed by atoms with Gasteiger partial charge in [0.15, 0.2) is 6.61 Å². The molecule has 0 aromatic heterocycles. The van der Waals surface area contributed by atoms with Crippen LogP contribution in [0.4, 0.5) is 0 Å². The average molecular weight is 400 g/mol. The van der Waals surface area contributed by atoms with Crippen LogP contribution in [0.5, 0.6) is 5.75 Å². The highest BCUT2D eigenvalue weighted by atomic mass is 32.2. The van der Waals surface area contributed by atoms with Crippen molar-refractivity contribution in [3.05, 3.63) is 24.3 Å². The lowest BCUT2D eigenvalue weighted by Gasteiger charge is -2.26. The molecule has 8 nitrogen and oxygen atoms in total. The minimum atomic E-state index is -3.49. The maximum Gasteiger partial charge on any atom is 0.243 e. The van der Waals surface area contributed by atoms with E-state index in [9.17, 15) is 8.42 Å². The molecule has 2 rings (SSSR count). The van der Waals surface area contributed by atoms with Crippen LogP contribution in [0.3, 0.4) is 0 Å². The highest BCUT2D eigenvalue weighted by Gasteiger charge is 2.26. The summed E-state index contributed by atoms with van der Waals surface area (Å²) in [6, 6.07) is 6.35. The summed E-state index contributed by atoms with van der Waals surface area (Å²) in [5, 5.41) is 3.84. The van der Waals surface area contributed by atoms with E-state index in [1.54, 1.807) is 24.3 Å². The molecule has 0 saturated carbocycles. The van der Waals surface area contributed by atoms with Gasteiger partial charge >= 0.3 is 0 Å². The molecule has 27 heavy (non-hydrogen) atoms. The molecule has 0 amide bonds. The Morgan fingerprint density at radius 3 is 2.52 bits per heavy atom. The van der Waals surface area contributed by atoms with Crippen LogP contribution in [-0.4, -0.2) is 58.1 Å². The molecule has 1 fully saturated rings. The fraction of sp³-hybridized carbons (Fsp3) is 0.611. The third-order valence-corrected chi connectivity index (χ3v) is 5.95. The summed E-state index contributed by atoms with van der Waals surface area (Å²) in [6.45, 7) is 6.39. The van der Waals surface area contributed by atoms with E-state index >= 15 is 0 Å². The summed E-state index contributed by atoms with van der Waals surface area (Å²) in [4.78, 5) is 5.38. The molecule has 1 heterocycles. The summed E-state index contributed by atoms with van der Waals surface area (Å²) in [5.74, 6) is 1.61. The van der Waals surface area contributed by atoms with Gasteiger partial charge in [-0.2, -0.15) is 4.31 Å². The van der Waals surface area contributed by atoms with Crippen LogP contribution >= 0.6 is 0 Å². The molecule has 2 N–H and O–H groups in total. The molecule has 0 atom stereocenters. The molecule has 0 radical (unpaired) electrons. The van der Waals surface area contributed by atoms with Crippen LogP contribution in [0.2, 0.25) is 0 Å². The van der Waals surface area contributed by atoms with Crippen molar-refractivity contribution < 1.29 is 22.7 Å². The molecular weight excluding hydrogens is 370 g/mol. The zero-order valence-corrected chi connectivity index (χ0v) is 16.8. The first-order valence-electron chi connectivity index (χ1n) is 9.14. The molecule has 1 aromatic carbocycles. The molecule has 0 unspecified atom stereocenters. The largest absolute Gasteiger partial charge is 0.490 e. The van der Waals surface area contributed by atoms with Crippen molar-refractivity contribution in [2.24, 2.45) is 16.8 Å². The molecular formula is C18H29N3O5S. The van der Waals surface area contributed by atoms with E-state index in [4.69, 9.17) is 20.0 Å². The van der Waals surface area contributed by atoms with Crippen molar-refractivity contribution in [1.82, 2.24) is 4.31 Å². The molecule has 9 heteroatoms. The molecule has 0 aliphatic carbocycles. The zero-order valence-electron chi connectivity index (χ0n) is 16.0. The van der Waals surface area contributed by atoms with Gasteiger partial charge in [0.05, 0.1) is 18.1 Å². The number of hydrogen-bond donors (Lipinski definition) is 1. The lowest BCUT2D eigenvalue weighted by molar-refractivity contribution is 0.0730. The number of oxime groups is 1. The Morgan fingerprint density at radius 1 is 1.22 bits per heavy atom. The lowest BCUT2D eigenvalue weighted by atomic mass is 10.1. The number of morpholine rings is 1. The van der Waals surface area contributed by atoms with Gasteiger partial charge in [-0.05, 0) is 36.6 Å². The van der Waals surface area contributed by atoms with Gasteiger partial charge in [-0.25, -0.2) is 8.42 Å². The SMILES string of the molecule is CC(C)CC/C(N)=N/OCCOc1ccc(S(=O)(=O)N2CCOCC2)cc1. The number of sulfonamides is 1. The number of amidine groups is 1. The Kier molecular flexibility index (Phi) is 8.33. The summed E-state index contributed by atoms with van der Waals surface area (Å²) in [6.07, 6.45) is 1.67. The Balaban J connectivity index is 1.76. The van der Waals surface area contributed by atoms with Gasteiger partial charge in [0.25, 0.3) is 0 Å². The third kappa shape index (κ3) is 7.00. The van der Waals surface area contributed by atoms with E-state index in [0.717, 1.165) is 6.42 Å². The van der Waals surface area contributed by atoms with Gasteiger partial charge in [-0.15, -0.1) is 0 Å². The number of hydrogen-bond acceptors (Lipinski definition) is 6. The van der Waals surface area contributed by atoms with E-state index in [0.29, 0.717) is 50.2 Å². The summed E-state index contributed by atoms with van der Waals surface area (Å²) in [5.41, 5.74) is 5.75. The number of ether oxygens (including phenoxy) is 2. The van der Waals surface area contributed by atoms with E-state index in [1.807, 2.05) is 0 Å². The maximum atomic E-state index is 12.5. The zero-order chi connectivity index (χ0) is 19.7. The Labute approximate surface area is 161 Å². The second kappa shape index (κ2) is 10.5. The predicted octanol–water partition coefficient (Wildman–Crippen LogP) is 1.81.